The molecule has 2 unspecified atom stereocenters. The summed E-state index contributed by atoms with van der Waals surface area (Å²) in [5, 5.41) is 15.8. The number of hydrogen-bond donors (Lipinski definition) is 0. The zero-order chi connectivity index (χ0) is 40.0. The number of halogens is 2. The predicted molar refractivity (Wildman–Crippen MR) is 201 cm³/mol. The summed E-state index contributed by atoms with van der Waals surface area (Å²) in [6.45, 7) is 11.2. The fourth-order valence-electron chi connectivity index (χ4n) is 5.58. The molecule has 2 heterocycles. The average molecular weight is 794 g/mol. The van der Waals surface area contributed by atoms with Gasteiger partial charge in [-0.3, -0.25) is 13.6 Å². The third-order valence-electron chi connectivity index (χ3n) is 7.98. The molecule has 55 heavy (non-hydrogen) atoms. The summed E-state index contributed by atoms with van der Waals surface area (Å²) in [4.78, 5) is 22.3. The van der Waals surface area contributed by atoms with Crippen LogP contribution in [0.15, 0.2) is 84.8 Å². The quantitative estimate of drug-likeness (QED) is 0.0567. The lowest BCUT2D eigenvalue weighted by atomic mass is 9.81. The van der Waals surface area contributed by atoms with Gasteiger partial charge in [-0.25, -0.2) is 32.8 Å². The highest BCUT2D eigenvalue weighted by molar-refractivity contribution is 7.48. The normalized spacial score (nSPS) is 13.9. The number of ether oxygens (including phenoxy) is 2. The molecule has 0 spiro atoms. The molecule has 0 N–H and O–H groups in total. The van der Waals surface area contributed by atoms with E-state index < -0.39 is 54.9 Å². The summed E-state index contributed by atoms with van der Waals surface area (Å²) < 4.78 is 74.2. The first kappa shape index (κ1) is 41.5. The van der Waals surface area contributed by atoms with Crippen LogP contribution in [0.25, 0.3) is 11.3 Å². The van der Waals surface area contributed by atoms with Crippen LogP contribution in [0.5, 0.6) is 0 Å². The van der Waals surface area contributed by atoms with E-state index in [4.69, 9.17) is 28.0 Å². The fourth-order valence-corrected chi connectivity index (χ4v) is 8.34. The summed E-state index contributed by atoms with van der Waals surface area (Å²) in [6, 6.07) is 18.5. The van der Waals surface area contributed by atoms with Gasteiger partial charge >= 0.3 is 13.8 Å². The van der Waals surface area contributed by atoms with Crippen molar-refractivity contribution < 1.29 is 41.2 Å². The molecule has 0 amide bonds. The van der Waals surface area contributed by atoms with Crippen LogP contribution in [-0.2, 0) is 46.4 Å². The second-order valence-corrected chi connectivity index (χ2v) is 17.0. The average Bonchev–Trinajstić information content (AvgIpc) is 3.82. The summed E-state index contributed by atoms with van der Waals surface area (Å²) in [6.07, 6.45) is 2.73. The first-order valence-electron chi connectivity index (χ1n) is 17.2. The van der Waals surface area contributed by atoms with Crippen LogP contribution in [0.1, 0.15) is 86.4 Å². The van der Waals surface area contributed by atoms with Crippen molar-refractivity contribution in [3.8, 4) is 17.3 Å². The summed E-state index contributed by atoms with van der Waals surface area (Å²) >= 11 is 1.30. The predicted octanol–water partition coefficient (Wildman–Crippen LogP) is 9.34. The van der Waals surface area contributed by atoms with Crippen molar-refractivity contribution >= 4 is 25.1 Å². The van der Waals surface area contributed by atoms with Crippen molar-refractivity contribution in [2.45, 2.75) is 84.3 Å². The number of thiazole rings is 1. The van der Waals surface area contributed by atoms with Crippen LogP contribution < -0.4 is 0 Å². The van der Waals surface area contributed by atoms with E-state index in [0.29, 0.717) is 21.8 Å². The Balaban J connectivity index is 1.41. The molecule has 5 aromatic rings. The van der Waals surface area contributed by atoms with Gasteiger partial charge in [0.2, 0.25) is 0 Å². The Morgan fingerprint density at radius 2 is 1.71 bits per heavy atom. The number of nitriles is 1. The van der Waals surface area contributed by atoms with Crippen LogP contribution in [0.2, 0.25) is 0 Å². The van der Waals surface area contributed by atoms with Crippen molar-refractivity contribution in [1.29, 1.82) is 5.26 Å². The number of carbonyl (C=O) groups excluding carboxylic acids is 1. The summed E-state index contributed by atoms with van der Waals surface area (Å²) in [7, 11) is -4.04. The van der Waals surface area contributed by atoms with Gasteiger partial charge in [-0.05, 0) is 77.4 Å². The van der Waals surface area contributed by atoms with Crippen molar-refractivity contribution in [3.05, 3.63) is 124 Å². The number of hydrogen-bond acceptors (Lipinski definition) is 12. The molecule has 0 saturated heterocycles. The van der Waals surface area contributed by atoms with E-state index in [1.807, 2.05) is 5.38 Å². The third kappa shape index (κ3) is 11.0. The first-order valence-corrected chi connectivity index (χ1v) is 19.5. The second-order valence-electron chi connectivity index (χ2n) is 14.6. The SMILES string of the molecule is CC(c1nc(-c2ccc(C#N)cc2)cs1)C(Cn1cncn1)(OCOC(=O)c1cccc(COP(=O)(OC(C)(C)C)OC(C)(C)C)c1)c1ccc(F)cc1F. The molecular weight excluding hydrogens is 751 g/mol. The van der Waals surface area contributed by atoms with E-state index in [0.717, 1.165) is 17.7 Å². The highest BCUT2D eigenvalue weighted by atomic mass is 32.1. The molecule has 12 nitrogen and oxygen atoms in total. The number of carbonyl (C=O) groups is 1. The highest BCUT2D eigenvalue weighted by Crippen LogP contribution is 2.56. The number of rotatable bonds is 15. The van der Waals surface area contributed by atoms with Gasteiger partial charge in [0.25, 0.3) is 0 Å². The molecular formula is C39H42F2N5O7PS. The molecule has 3 aromatic carbocycles. The smallest absolute Gasteiger partial charge is 0.435 e. The molecule has 0 aliphatic carbocycles. The van der Waals surface area contributed by atoms with E-state index in [9.17, 15) is 19.0 Å². The van der Waals surface area contributed by atoms with Gasteiger partial charge in [0.1, 0.15) is 29.9 Å². The lowest BCUT2D eigenvalue weighted by Crippen LogP contribution is -2.42. The Morgan fingerprint density at radius 3 is 2.33 bits per heavy atom. The topological polar surface area (TPSA) is 148 Å². The molecule has 2 aromatic heterocycles. The van der Waals surface area contributed by atoms with Gasteiger partial charge in [0, 0.05) is 28.5 Å². The van der Waals surface area contributed by atoms with Gasteiger partial charge in [-0.15, -0.1) is 11.3 Å². The maximum absolute atomic E-state index is 15.9. The summed E-state index contributed by atoms with van der Waals surface area (Å²) in [5.41, 5.74) is -0.879. The van der Waals surface area contributed by atoms with Gasteiger partial charge in [-0.2, -0.15) is 10.4 Å². The van der Waals surface area contributed by atoms with E-state index in [1.165, 1.54) is 46.9 Å². The molecule has 0 aliphatic rings. The number of benzene rings is 3. The third-order valence-corrected chi connectivity index (χ3v) is 11.0. The second kappa shape index (κ2) is 17.0. The Labute approximate surface area is 322 Å². The van der Waals surface area contributed by atoms with Gasteiger partial charge < -0.3 is 9.47 Å². The monoisotopic (exact) mass is 793 g/mol. The lowest BCUT2D eigenvalue weighted by Gasteiger charge is -2.38. The van der Waals surface area contributed by atoms with Crippen LogP contribution in [0.4, 0.5) is 8.78 Å². The van der Waals surface area contributed by atoms with Crippen LogP contribution in [0, 0.1) is 23.0 Å². The largest absolute Gasteiger partial charge is 0.476 e. The Morgan fingerprint density at radius 1 is 1.00 bits per heavy atom. The van der Waals surface area contributed by atoms with Gasteiger partial charge in [0.15, 0.2) is 6.79 Å². The molecule has 0 aliphatic heterocycles. The molecule has 290 valence electrons. The molecule has 0 radical (unpaired) electrons. The minimum Gasteiger partial charge on any atom is -0.435 e. The first-order chi connectivity index (χ1) is 25.9. The summed E-state index contributed by atoms with van der Waals surface area (Å²) in [5.74, 6) is -3.18. The molecule has 2 atom stereocenters. The fraction of sp³-hybridized carbons (Fsp3) is 0.359. The zero-order valence-corrected chi connectivity index (χ0v) is 33.2. The van der Waals surface area contributed by atoms with Crippen molar-refractivity contribution in [3.63, 3.8) is 0 Å². The van der Waals surface area contributed by atoms with E-state index in [-0.39, 0.29) is 24.3 Å². The number of esters is 1. The molecule has 0 saturated carbocycles. The number of aromatic nitrogens is 4. The molecule has 5 rings (SSSR count). The van der Waals surface area contributed by atoms with Crippen LogP contribution >= 0.6 is 19.2 Å². The number of nitrogens with zero attached hydrogens (tertiary/aromatic N) is 5. The van der Waals surface area contributed by atoms with E-state index in [2.05, 4.69) is 16.2 Å². The van der Waals surface area contributed by atoms with Gasteiger partial charge in [0.05, 0.1) is 52.3 Å². The highest BCUT2D eigenvalue weighted by Gasteiger charge is 2.45. The molecule has 0 fully saturated rings. The molecule has 0 bridgehead atoms. The Hall–Kier alpha value is -4.68. The maximum Gasteiger partial charge on any atom is 0.476 e. The Bertz CT molecular complexity index is 2160. The lowest BCUT2D eigenvalue weighted by molar-refractivity contribution is -0.148. The molecule has 16 heteroatoms. The van der Waals surface area contributed by atoms with Crippen LogP contribution in [0.3, 0.4) is 0 Å². The maximum atomic E-state index is 15.9. The van der Waals surface area contributed by atoms with E-state index in [1.54, 1.807) is 84.9 Å². The minimum atomic E-state index is -4.04. The minimum absolute atomic E-state index is 0.0263. The Kier molecular flexibility index (Phi) is 12.8. The zero-order valence-electron chi connectivity index (χ0n) is 31.5. The van der Waals surface area contributed by atoms with Gasteiger partial charge in [-0.1, -0.05) is 37.3 Å². The number of phosphoric acid groups is 1. The van der Waals surface area contributed by atoms with Crippen molar-refractivity contribution in [2.24, 2.45) is 0 Å². The van der Waals surface area contributed by atoms with Crippen molar-refractivity contribution in [1.82, 2.24) is 19.7 Å². The van der Waals surface area contributed by atoms with E-state index >= 15 is 4.39 Å². The van der Waals surface area contributed by atoms with Crippen LogP contribution in [-0.4, -0.2) is 43.7 Å². The number of phosphoric ester groups is 1. The standard InChI is InChI=1S/C39H42F2N5O7PS/c1-26(35-45-34(21-55-35)29-13-11-27(19-42)12-14-29)39(22-46-24-43-23-44-46,32-16-15-31(40)18-33(32)41)50-25-49-36(47)30-10-8-9-28(17-30)20-51-54(48,52-37(2,3)4)53-38(5,6)7/h8-18,21,23-24,26H,20,22,25H2,1-7H3. The van der Waals surface area contributed by atoms with Crippen molar-refractivity contribution in [2.75, 3.05) is 6.79 Å².